The summed E-state index contributed by atoms with van der Waals surface area (Å²) in [6.45, 7) is 4.95. The summed E-state index contributed by atoms with van der Waals surface area (Å²) < 4.78 is 5.02. The molecule has 1 nitrogen and oxygen atoms in total. The van der Waals surface area contributed by atoms with Gasteiger partial charge in [-0.1, -0.05) is 18.2 Å². The molecule has 0 aliphatic carbocycles. The molecule has 0 saturated carbocycles. The Balaban J connectivity index is 2.86. The van der Waals surface area contributed by atoms with Crippen molar-refractivity contribution in [1.29, 1.82) is 0 Å². The molecule has 0 aliphatic heterocycles. The molecular weight excluding hydrogens is 136 g/mol. The molecule has 0 atom stereocenters. The summed E-state index contributed by atoms with van der Waals surface area (Å²) in [6.07, 6.45) is 0. The molecular formula is C10H14O. The van der Waals surface area contributed by atoms with E-state index in [1.807, 2.05) is 0 Å². The van der Waals surface area contributed by atoms with Gasteiger partial charge in [0.2, 0.25) is 0 Å². The molecule has 1 aromatic carbocycles. The van der Waals surface area contributed by atoms with Gasteiger partial charge in [0, 0.05) is 7.11 Å². The average Bonchev–Trinajstić information content (AvgIpc) is 1.98. The summed E-state index contributed by atoms with van der Waals surface area (Å²) in [4.78, 5) is 0. The Morgan fingerprint density at radius 3 is 2.45 bits per heavy atom. The number of rotatable bonds is 2. The van der Waals surface area contributed by atoms with Crippen LogP contribution in [0.25, 0.3) is 0 Å². The third-order valence-corrected chi connectivity index (χ3v) is 1.88. The van der Waals surface area contributed by atoms with E-state index in [1.54, 1.807) is 7.11 Å². The molecule has 0 amide bonds. The Hall–Kier alpha value is -0.820. The van der Waals surface area contributed by atoms with E-state index in [4.69, 9.17) is 4.74 Å². The first-order valence-corrected chi connectivity index (χ1v) is 3.79. The first-order chi connectivity index (χ1) is 5.24. The lowest BCUT2D eigenvalue weighted by Crippen LogP contribution is -1.89. The van der Waals surface area contributed by atoms with E-state index >= 15 is 0 Å². The molecule has 11 heavy (non-hydrogen) atoms. The SMILES string of the molecule is COCc1ccc(C)c(C)c1. The van der Waals surface area contributed by atoms with Crippen LogP contribution in [0, 0.1) is 13.8 Å². The highest BCUT2D eigenvalue weighted by molar-refractivity contribution is 5.29. The Labute approximate surface area is 68.0 Å². The maximum Gasteiger partial charge on any atom is 0.0713 e. The molecule has 0 bridgehead atoms. The van der Waals surface area contributed by atoms with Crippen LogP contribution in [0.3, 0.4) is 0 Å². The number of ether oxygens (including phenoxy) is 1. The minimum atomic E-state index is 0.709. The zero-order valence-corrected chi connectivity index (χ0v) is 7.35. The number of aryl methyl sites for hydroxylation is 2. The van der Waals surface area contributed by atoms with Crippen molar-refractivity contribution in [3.63, 3.8) is 0 Å². The Bertz CT molecular complexity index is 241. The Kier molecular flexibility index (Phi) is 2.66. The Morgan fingerprint density at radius 1 is 1.18 bits per heavy atom. The van der Waals surface area contributed by atoms with Crippen molar-refractivity contribution < 1.29 is 4.74 Å². The van der Waals surface area contributed by atoms with Gasteiger partial charge in [0.15, 0.2) is 0 Å². The van der Waals surface area contributed by atoms with E-state index in [0.717, 1.165) is 0 Å². The van der Waals surface area contributed by atoms with Crippen LogP contribution in [0.2, 0.25) is 0 Å². The minimum Gasteiger partial charge on any atom is -0.380 e. The number of hydrogen-bond donors (Lipinski definition) is 0. The highest BCUT2D eigenvalue weighted by Gasteiger charge is 1.94. The molecule has 1 heteroatoms. The Morgan fingerprint density at radius 2 is 1.91 bits per heavy atom. The van der Waals surface area contributed by atoms with E-state index < -0.39 is 0 Å². The van der Waals surface area contributed by atoms with Crippen LogP contribution >= 0.6 is 0 Å². The zero-order valence-electron chi connectivity index (χ0n) is 7.35. The van der Waals surface area contributed by atoms with Gasteiger partial charge in [-0.2, -0.15) is 0 Å². The molecule has 0 unspecified atom stereocenters. The van der Waals surface area contributed by atoms with E-state index in [1.165, 1.54) is 16.7 Å². The predicted molar refractivity (Wildman–Crippen MR) is 46.6 cm³/mol. The first kappa shape index (κ1) is 8.28. The topological polar surface area (TPSA) is 9.23 Å². The molecule has 0 heterocycles. The van der Waals surface area contributed by atoms with Gasteiger partial charge in [-0.05, 0) is 30.5 Å². The highest BCUT2D eigenvalue weighted by atomic mass is 16.5. The summed E-state index contributed by atoms with van der Waals surface area (Å²) in [5.74, 6) is 0. The van der Waals surface area contributed by atoms with E-state index in [2.05, 4.69) is 32.0 Å². The van der Waals surface area contributed by atoms with Crippen molar-refractivity contribution in [3.05, 3.63) is 34.9 Å². The van der Waals surface area contributed by atoms with Crippen LogP contribution in [0.1, 0.15) is 16.7 Å². The monoisotopic (exact) mass is 150 g/mol. The quantitative estimate of drug-likeness (QED) is 0.629. The van der Waals surface area contributed by atoms with Crippen LogP contribution in [0.4, 0.5) is 0 Å². The summed E-state index contributed by atoms with van der Waals surface area (Å²) in [5.41, 5.74) is 3.92. The smallest absolute Gasteiger partial charge is 0.0713 e. The molecule has 0 fully saturated rings. The van der Waals surface area contributed by atoms with Crippen molar-refractivity contribution >= 4 is 0 Å². The van der Waals surface area contributed by atoms with E-state index in [0.29, 0.717) is 6.61 Å². The van der Waals surface area contributed by atoms with Crippen molar-refractivity contribution in [2.45, 2.75) is 20.5 Å². The molecule has 0 aromatic heterocycles. The minimum absolute atomic E-state index is 0.709. The third-order valence-electron chi connectivity index (χ3n) is 1.88. The number of hydrogen-bond acceptors (Lipinski definition) is 1. The van der Waals surface area contributed by atoms with Gasteiger partial charge in [-0.15, -0.1) is 0 Å². The van der Waals surface area contributed by atoms with Crippen molar-refractivity contribution in [2.24, 2.45) is 0 Å². The maximum atomic E-state index is 5.02. The van der Waals surface area contributed by atoms with Gasteiger partial charge in [0.05, 0.1) is 6.61 Å². The van der Waals surface area contributed by atoms with E-state index in [-0.39, 0.29) is 0 Å². The molecule has 0 saturated heterocycles. The van der Waals surface area contributed by atoms with Crippen molar-refractivity contribution in [3.8, 4) is 0 Å². The third kappa shape index (κ3) is 2.05. The van der Waals surface area contributed by atoms with Crippen LogP contribution in [-0.4, -0.2) is 7.11 Å². The van der Waals surface area contributed by atoms with Gasteiger partial charge in [-0.3, -0.25) is 0 Å². The van der Waals surface area contributed by atoms with Gasteiger partial charge < -0.3 is 4.74 Å². The number of methoxy groups -OCH3 is 1. The number of benzene rings is 1. The predicted octanol–water partition coefficient (Wildman–Crippen LogP) is 2.45. The largest absolute Gasteiger partial charge is 0.380 e. The molecule has 60 valence electrons. The van der Waals surface area contributed by atoms with Gasteiger partial charge in [0.25, 0.3) is 0 Å². The molecule has 0 spiro atoms. The van der Waals surface area contributed by atoms with Gasteiger partial charge in [-0.25, -0.2) is 0 Å². The fourth-order valence-corrected chi connectivity index (χ4v) is 1.06. The van der Waals surface area contributed by atoms with Crippen molar-refractivity contribution in [1.82, 2.24) is 0 Å². The second kappa shape index (κ2) is 3.54. The average molecular weight is 150 g/mol. The lowest BCUT2D eigenvalue weighted by Gasteiger charge is -2.03. The van der Waals surface area contributed by atoms with Crippen LogP contribution < -0.4 is 0 Å². The van der Waals surface area contributed by atoms with Gasteiger partial charge in [0.1, 0.15) is 0 Å². The lowest BCUT2D eigenvalue weighted by atomic mass is 10.1. The molecule has 1 aromatic rings. The molecule has 1 rings (SSSR count). The van der Waals surface area contributed by atoms with Crippen molar-refractivity contribution in [2.75, 3.05) is 7.11 Å². The summed E-state index contributed by atoms with van der Waals surface area (Å²) in [5, 5.41) is 0. The van der Waals surface area contributed by atoms with Gasteiger partial charge >= 0.3 is 0 Å². The van der Waals surface area contributed by atoms with E-state index in [9.17, 15) is 0 Å². The maximum absolute atomic E-state index is 5.02. The normalized spacial score (nSPS) is 10.1. The second-order valence-electron chi connectivity index (χ2n) is 2.85. The van der Waals surface area contributed by atoms with Crippen LogP contribution in [0.5, 0.6) is 0 Å². The van der Waals surface area contributed by atoms with Crippen LogP contribution in [0.15, 0.2) is 18.2 Å². The molecule has 0 radical (unpaired) electrons. The summed E-state index contributed by atoms with van der Waals surface area (Å²) in [6, 6.07) is 6.40. The first-order valence-electron chi connectivity index (χ1n) is 3.79. The van der Waals surface area contributed by atoms with Crippen LogP contribution in [-0.2, 0) is 11.3 Å². The summed E-state index contributed by atoms with van der Waals surface area (Å²) in [7, 11) is 1.72. The lowest BCUT2D eigenvalue weighted by molar-refractivity contribution is 0.185. The highest BCUT2D eigenvalue weighted by Crippen LogP contribution is 2.09. The summed E-state index contributed by atoms with van der Waals surface area (Å²) >= 11 is 0. The molecule has 0 N–H and O–H groups in total. The fourth-order valence-electron chi connectivity index (χ4n) is 1.06. The zero-order chi connectivity index (χ0) is 8.27. The fraction of sp³-hybridized carbons (Fsp3) is 0.400. The molecule has 0 aliphatic rings. The second-order valence-corrected chi connectivity index (χ2v) is 2.85. The standard InChI is InChI=1S/C10H14O/c1-8-4-5-10(7-11-3)6-9(8)2/h4-6H,7H2,1-3H3.